The van der Waals surface area contributed by atoms with Crippen molar-refractivity contribution in [2.75, 3.05) is 13.9 Å². The van der Waals surface area contributed by atoms with Crippen molar-refractivity contribution < 1.29 is 38.1 Å². The quantitative estimate of drug-likeness (QED) is 0.230. The molecule has 0 bridgehead atoms. The monoisotopic (exact) mass is 564 g/mol. The van der Waals surface area contributed by atoms with Gasteiger partial charge in [-0.1, -0.05) is 56.3 Å². The lowest BCUT2D eigenvalue weighted by atomic mass is 10.0. The molecule has 0 saturated carbocycles. The van der Waals surface area contributed by atoms with Gasteiger partial charge in [-0.2, -0.15) is 0 Å². The van der Waals surface area contributed by atoms with Gasteiger partial charge in [0, 0.05) is 19.2 Å². The van der Waals surface area contributed by atoms with Gasteiger partial charge in [-0.3, -0.25) is 9.59 Å². The predicted octanol–water partition coefficient (Wildman–Crippen LogP) is 4.81. The van der Waals surface area contributed by atoms with Crippen LogP contribution in [-0.4, -0.2) is 55.0 Å². The summed E-state index contributed by atoms with van der Waals surface area (Å²) in [6.07, 6.45) is 0.299. The number of aromatic nitrogens is 1. The number of methoxy groups -OCH3 is 1. The normalized spacial score (nSPS) is 13.0. The van der Waals surface area contributed by atoms with E-state index >= 15 is 0 Å². The molecule has 10 heteroatoms. The number of nitrogens with one attached hydrogen (secondary N) is 1. The van der Waals surface area contributed by atoms with E-state index in [4.69, 9.17) is 23.7 Å². The molecule has 3 atom stereocenters. The summed E-state index contributed by atoms with van der Waals surface area (Å²) < 4.78 is 27.4. The van der Waals surface area contributed by atoms with E-state index in [0.717, 1.165) is 11.1 Å². The van der Waals surface area contributed by atoms with Crippen molar-refractivity contribution in [2.45, 2.75) is 52.9 Å². The number of nitrogens with zero attached hydrogens (tertiary/aromatic N) is 1. The first-order valence-corrected chi connectivity index (χ1v) is 13.2. The van der Waals surface area contributed by atoms with Crippen molar-refractivity contribution >= 4 is 17.8 Å². The Bertz CT molecular complexity index is 1310. The minimum atomic E-state index is -1.02. The number of carbonyl (C=O) groups is 3. The molecule has 1 amide bonds. The lowest BCUT2D eigenvalue weighted by Crippen LogP contribution is -2.44. The third-order valence-electron chi connectivity index (χ3n) is 6.13. The lowest BCUT2D eigenvalue weighted by molar-refractivity contribution is -0.156. The van der Waals surface area contributed by atoms with Crippen molar-refractivity contribution in [1.29, 1.82) is 0 Å². The number of rotatable bonds is 13. The lowest BCUT2D eigenvalue weighted by Gasteiger charge is -2.29. The fourth-order valence-corrected chi connectivity index (χ4v) is 4.03. The van der Waals surface area contributed by atoms with Gasteiger partial charge in [0.15, 0.2) is 17.2 Å². The number of benzene rings is 2. The molecule has 2 aromatic carbocycles. The summed E-state index contributed by atoms with van der Waals surface area (Å²) in [6.45, 7) is 7.98. The van der Waals surface area contributed by atoms with E-state index < -0.39 is 42.9 Å². The van der Waals surface area contributed by atoms with Crippen LogP contribution >= 0.6 is 0 Å². The second-order valence-corrected chi connectivity index (χ2v) is 9.64. The molecule has 0 aliphatic carbocycles. The van der Waals surface area contributed by atoms with E-state index in [1.165, 1.54) is 33.2 Å². The van der Waals surface area contributed by atoms with Crippen LogP contribution in [0.2, 0.25) is 0 Å². The first-order valence-electron chi connectivity index (χ1n) is 13.2. The van der Waals surface area contributed by atoms with E-state index in [9.17, 15) is 14.4 Å². The number of amides is 1. The highest BCUT2D eigenvalue weighted by Crippen LogP contribution is 2.30. The Hall–Kier alpha value is -4.60. The zero-order valence-corrected chi connectivity index (χ0v) is 24.1. The molecule has 41 heavy (non-hydrogen) atoms. The van der Waals surface area contributed by atoms with Gasteiger partial charge in [0.05, 0.1) is 7.11 Å². The Morgan fingerprint density at radius 1 is 0.902 bits per heavy atom. The van der Waals surface area contributed by atoms with Crippen molar-refractivity contribution in [1.82, 2.24) is 10.3 Å². The SMILES string of the molecule is COc1ccnc(C(=O)N[C@@H](C)C(=O)O[C@@H](C)[C@H](Oc2ccc(-c3ccccc3)cc2)C(C)C)c1OCOC(C)=O. The smallest absolute Gasteiger partial charge is 0.328 e. The highest BCUT2D eigenvalue weighted by molar-refractivity contribution is 5.98. The second kappa shape index (κ2) is 14.7. The molecule has 0 saturated heterocycles. The molecule has 1 aromatic heterocycles. The molecule has 0 aliphatic heterocycles. The zero-order valence-electron chi connectivity index (χ0n) is 24.1. The van der Waals surface area contributed by atoms with Crippen molar-refractivity contribution in [2.24, 2.45) is 5.92 Å². The standard InChI is InChI=1S/C31H36N2O8/c1-19(2)28(41-25-14-12-24(13-15-25)23-10-8-7-9-11-23)21(4)40-31(36)20(3)33-30(35)27-29(39-18-38-22(5)34)26(37-6)16-17-32-27/h7-17,19-21,28H,18H2,1-6H3,(H,33,35)/t20-,21-,28+/m0/s1. The summed E-state index contributed by atoms with van der Waals surface area (Å²) in [6, 6.07) is 18.2. The van der Waals surface area contributed by atoms with Crippen LogP contribution in [0.25, 0.3) is 11.1 Å². The van der Waals surface area contributed by atoms with Gasteiger partial charge >= 0.3 is 11.9 Å². The summed E-state index contributed by atoms with van der Waals surface area (Å²) >= 11 is 0. The number of esters is 2. The maximum Gasteiger partial charge on any atom is 0.328 e. The molecular formula is C31H36N2O8. The molecular weight excluding hydrogens is 528 g/mol. The van der Waals surface area contributed by atoms with E-state index in [1.807, 2.05) is 68.4 Å². The van der Waals surface area contributed by atoms with Crippen LogP contribution in [0.4, 0.5) is 0 Å². The Morgan fingerprint density at radius 3 is 2.17 bits per heavy atom. The van der Waals surface area contributed by atoms with Gasteiger partial charge in [-0.15, -0.1) is 0 Å². The van der Waals surface area contributed by atoms with Crippen LogP contribution in [0.15, 0.2) is 66.9 Å². The first kappa shape index (κ1) is 30.9. The number of hydrogen-bond acceptors (Lipinski definition) is 9. The van der Waals surface area contributed by atoms with Gasteiger partial charge in [0.25, 0.3) is 5.91 Å². The fraction of sp³-hybridized carbons (Fsp3) is 0.355. The molecule has 218 valence electrons. The highest BCUT2D eigenvalue weighted by atomic mass is 16.7. The maximum absolute atomic E-state index is 13.0. The summed E-state index contributed by atoms with van der Waals surface area (Å²) in [7, 11) is 1.39. The van der Waals surface area contributed by atoms with Gasteiger partial charge in [0.2, 0.25) is 6.79 Å². The van der Waals surface area contributed by atoms with Crippen molar-refractivity contribution in [3.63, 3.8) is 0 Å². The molecule has 0 fully saturated rings. The molecule has 0 aliphatic rings. The predicted molar refractivity (Wildman–Crippen MR) is 152 cm³/mol. The summed E-state index contributed by atoms with van der Waals surface area (Å²) in [5, 5.41) is 2.57. The van der Waals surface area contributed by atoms with Gasteiger partial charge in [-0.05, 0) is 43.0 Å². The third-order valence-corrected chi connectivity index (χ3v) is 6.13. The number of carbonyl (C=O) groups excluding carboxylic acids is 3. The van der Waals surface area contributed by atoms with Gasteiger partial charge in [0.1, 0.15) is 24.0 Å². The summed E-state index contributed by atoms with van der Waals surface area (Å²) in [4.78, 5) is 41.1. The van der Waals surface area contributed by atoms with E-state index in [2.05, 4.69) is 10.3 Å². The third kappa shape index (κ3) is 8.69. The Kier molecular flexibility index (Phi) is 11.1. The number of hydrogen-bond donors (Lipinski definition) is 1. The van der Waals surface area contributed by atoms with Crippen LogP contribution in [0.5, 0.6) is 17.2 Å². The van der Waals surface area contributed by atoms with E-state index in [-0.39, 0.29) is 23.1 Å². The van der Waals surface area contributed by atoms with Crippen molar-refractivity contribution in [3.8, 4) is 28.4 Å². The second-order valence-electron chi connectivity index (χ2n) is 9.64. The average Bonchev–Trinajstić information content (AvgIpc) is 2.96. The average molecular weight is 565 g/mol. The molecule has 0 radical (unpaired) electrons. The maximum atomic E-state index is 13.0. The fourth-order valence-electron chi connectivity index (χ4n) is 4.03. The number of pyridine rings is 1. The van der Waals surface area contributed by atoms with Gasteiger partial charge in [-0.25, -0.2) is 9.78 Å². The van der Waals surface area contributed by atoms with Crippen LogP contribution in [0.1, 0.15) is 45.1 Å². The molecule has 10 nitrogen and oxygen atoms in total. The van der Waals surface area contributed by atoms with Crippen LogP contribution in [-0.2, 0) is 19.1 Å². The largest absolute Gasteiger partial charge is 0.493 e. The molecule has 3 aromatic rings. The number of ether oxygens (including phenoxy) is 5. The first-order chi connectivity index (χ1) is 19.6. The van der Waals surface area contributed by atoms with Crippen molar-refractivity contribution in [3.05, 3.63) is 72.6 Å². The van der Waals surface area contributed by atoms with Crippen LogP contribution < -0.4 is 19.5 Å². The Morgan fingerprint density at radius 2 is 1.56 bits per heavy atom. The van der Waals surface area contributed by atoms with E-state index in [0.29, 0.717) is 5.75 Å². The molecule has 1 heterocycles. The van der Waals surface area contributed by atoms with Crippen LogP contribution in [0, 0.1) is 5.92 Å². The molecule has 3 rings (SSSR count). The zero-order chi connectivity index (χ0) is 29.9. The minimum Gasteiger partial charge on any atom is -0.493 e. The Balaban J connectivity index is 1.63. The van der Waals surface area contributed by atoms with E-state index in [1.54, 1.807) is 6.92 Å². The molecule has 0 spiro atoms. The molecule has 1 N–H and O–H groups in total. The summed E-state index contributed by atoms with van der Waals surface area (Å²) in [5.41, 5.74) is 2.02. The minimum absolute atomic E-state index is 0.0226. The highest BCUT2D eigenvalue weighted by Gasteiger charge is 2.30. The summed E-state index contributed by atoms with van der Waals surface area (Å²) in [5.74, 6) is -1.06. The molecule has 0 unspecified atom stereocenters. The van der Waals surface area contributed by atoms with Gasteiger partial charge < -0.3 is 29.0 Å². The van der Waals surface area contributed by atoms with Crippen LogP contribution in [0.3, 0.4) is 0 Å². The Labute approximate surface area is 239 Å². The topological polar surface area (TPSA) is 122 Å².